The van der Waals surface area contributed by atoms with Crippen molar-refractivity contribution in [2.24, 2.45) is 5.73 Å². The summed E-state index contributed by atoms with van der Waals surface area (Å²) in [7, 11) is 0. The highest BCUT2D eigenvalue weighted by Gasteiger charge is 2.07. The second kappa shape index (κ2) is 8.24. The Morgan fingerprint density at radius 1 is 1.25 bits per heavy atom. The molecule has 0 atom stereocenters. The topological polar surface area (TPSA) is 48.1 Å². The van der Waals surface area contributed by atoms with Gasteiger partial charge in [-0.05, 0) is 31.2 Å². The van der Waals surface area contributed by atoms with Crippen molar-refractivity contribution in [2.75, 3.05) is 13.2 Å². The normalized spacial score (nSPS) is 11.4. The van der Waals surface area contributed by atoms with Crippen molar-refractivity contribution in [1.29, 1.82) is 0 Å². The Bertz CT molecular complexity index is 846. The number of aryl methyl sites for hydroxylation is 1. The molecule has 0 amide bonds. The summed E-state index contributed by atoms with van der Waals surface area (Å²) in [5, 5.41) is 0.964. The highest BCUT2D eigenvalue weighted by molar-refractivity contribution is 7.21. The third kappa shape index (κ3) is 4.32. The molecule has 126 valence electrons. The van der Waals surface area contributed by atoms with Gasteiger partial charge in [-0.1, -0.05) is 29.8 Å². The molecule has 0 unspecified atom stereocenters. The zero-order valence-corrected chi connectivity index (χ0v) is 14.8. The minimum Gasteiger partial charge on any atom is -0.486 e. The van der Waals surface area contributed by atoms with Crippen LogP contribution in [0.3, 0.4) is 0 Å². The maximum absolute atomic E-state index is 13.3. The van der Waals surface area contributed by atoms with Gasteiger partial charge in [-0.25, -0.2) is 9.37 Å². The molecule has 24 heavy (non-hydrogen) atoms. The number of hydrogen-bond donors (Lipinski definition) is 1. The van der Waals surface area contributed by atoms with Crippen LogP contribution >= 0.6 is 23.7 Å². The van der Waals surface area contributed by atoms with Gasteiger partial charge in [-0.3, -0.25) is 0 Å². The number of benzene rings is 2. The van der Waals surface area contributed by atoms with Crippen LogP contribution in [-0.2, 0) is 0 Å². The monoisotopic (exact) mass is 364 g/mol. The first-order valence-electron chi connectivity index (χ1n) is 7.31. The summed E-state index contributed by atoms with van der Waals surface area (Å²) >= 11 is 1.60. The van der Waals surface area contributed by atoms with Crippen LogP contribution in [0.5, 0.6) is 5.75 Å². The fraction of sp³-hybridized carbons (Fsp3) is 0.167. The molecule has 0 aliphatic carbocycles. The van der Waals surface area contributed by atoms with Gasteiger partial charge in [0.15, 0.2) is 0 Å². The van der Waals surface area contributed by atoms with Crippen molar-refractivity contribution in [3.05, 3.63) is 59.9 Å². The van der Waals surface area contributed by atoms with Gasteiger partial charge in [0.25, 0.3) is 0 Å². The zero-order chi connectivity index (χ0) is 16.2. The first-order chi connectivity index (χ1) is 11.2. The average molecular weight is 365 g/mol. The van der Waals surface area contributed by atoms with Gasteiger partial charge < -0.3 is 10.5 Å². The largest absolute Gasteiger partial charge is 0.486 e. The van der Waals surface area contributed by atoms with Gasteiger partial charge >= 0.3 is 0 Å². The molecule has 0 saturated carbocycles. The summed E-state index contributed by atoms with van der Waals surface area (Å²) in [6.07, 6.45) is 1.31. The van der Waals surface area contributed by atoms with Crippen LogP contribution in [0.15, 0.2) is 54.4 Å². The minimum absolute atomic E-state index is 0. The number of nitrogens with zero attached hydrogens (tertiary/aromatic N) is 1. The van der Waals surface area contributed by atoms with Crippen molar-refractivity contribution < 1.29 is 9.13 Å². The van der Waals surface area contributed by atoms with E-state index in [1.54, 1.807) is 17.4 Å². The molecule has 2 aromatic carbocycles. The molecule has 0 saturated heterocycles. The van der Waals surface area contributed by atoms with Crippen molar-refractivity contribution in [3.8, 4) is 16.3 Å². The number of halogens is 2. The lowest BCUT2D eigenvalue weighted by Gasteiger charge is -2.03. The van der Waals surface area contributed by atoms with E-state index in [0.717, 1.165) is 20.8 Å². The summed E-state index contributed by atoms with van der Waals surface area (Å²) in [5.41, 5.74) is 8.49. The van der Waals surface area contributed by atoms with E-state index in [1.165, 1.54) is 11.6 Å². The summed E-state index contributed by atoms with van der Waals surface area (Å²) in [5.74, 6) is 0.259. The standard InChI is InChI=1S/C18H17FN2OS.ClH/c1-12-2-4-13(5-3-12)18-21-16-7-6-15(10-17(16)23-18)22-11-14(19)8-9-20;/h2-8,10H,9,11,20H2,1H3;1H/b14-8+;. The van der Waals surface area contributed by atoms with Crippen LogP contribution in [0.1, 0.15) is 5.56 Å². The molecule has 0 fully saturated rings. The number of aromatic nitrogens is 1. The van der Waals surface area contributed by atoms with E-state index in [-0.39, 0.29) is 31.4 Å². The summed E-state index contributed by atoms with van der Waals surface area (Å²) in [6.45, 7) is 2.12. The molecule has 0 spiro atoms. The molecule has 1 aromatic heterocycles. The second-order valence-corrected chi connectivity index (χ2v) is 6.22. The zero-order valence-electron chi connectivity index (χ0n) is 13.2. The van der Waals surface area contributed by atoms with Crippen molar-refractivity contribution in [2.45, 2.75) is 6.92 Å². The first-order valence-corrected chi connectivity index (χ1v) is 8.12. The molecular formula is C18H18ClFN2OS. The predicted octanol–water partition coefficient (Wildman–Crippen LogP) is 4.88. The molecule has 0 radical (unpaired) electrons. The molecule has 6 heteroatoms. The lowest BCUT2D eigenvalue weighted by molar-refractivity contribution is 0.318. The molecule has 0 aliphatic heterocycles. The molecule has 3 rings (SSSR count). The van der Waals surface area contributed by atoms with Crippen molar-refractivity contribution in [1.82, 2.24) is 4.98 Å². The highest BCUT2D eigenvalue weighted by atomic mass is 35.5. The van der Waals surface area contributed by atoms with Gasteiger partial charge in [0.1, 0.15) is 23.2 Å². The van der Waals surface area contributed by atoms with Gasteiger partial charge in [0, 0.05) is 12.1 Å². The van der Waals surface area contributed by atoms with Crippen LogP contribution < -0.4 is 10.5 Å². The van der Waals surface area contributed by atoms with Crippen LogP contribution in [0.4, 0.5) is 4.39 Å². The van der Waals surface area contributed by atoms with E-state index < -0.39 is 0 Å². The quantitative estimate of drug-likeness (QED) is 0.701. The fourth-order valence-corrected chi connectivity index (χ4v) is 3.15. The van der Waals surface area contributed by atoms with Gasteiger partial charge in [-0.15, -0.1) is 23.7 Å². The molecule has 2 N–H and O–H groups in total. The lowest BCUT2D eigenvalue weighted by Crippen LogP contribution is -2.01. The van der Waals surface area contributed by atoms with E-state index in [1.807, 2.05) is 12.1 Å². The average Bonchev–Trinajstić information content (AvgIpc) is 2.97. The second-order valence-electron chi connectivity index (χ2n) is 5.19. The highest BCUT2D eigenvalue weighted by Crippen LogP contribution is 2.32. The Morgan fingerprint density at radius 2 is 2.00 bits per heavy atom. The first kappa shape index (κ1) is 18.4. The van der Waals surface area contributed by atoms with E-state index in [9.17, 15) is 4.39 Å². The number of hydrogen-bond acceptors (Lipinski definition) is 4. The number of ether oxygens (including phenoxy) is 1. The molecule has 0 aliphatic rings. The number of thiazole rings is 1. The van der Waals surface area contributed by atoms with Crippen LogP contribution in [-0.4, -0.2) is 18.1 Å². The van der Waals surface area contributed by atoms with Crippen LogP contribution in [0.2, 0.25) is 0 Å². The number of fused-ring (bicyclic) bond motifs is 1. The van der Waals surface area contributed by atoms with Crippen molar-refractivity contribution >= 4 is 34.0 Å². The molecule has 3 aromatic rings. The number of rotatable bonds is 5. The smallest absolute Gasteiger partial charge is 0.139 e. The Morgan fingerprint density at radius 3 is 2.71 bits per heavy atom. The van der Waals surface area contributed by atoms with Crippen molar-refractivity contribution in [3.63, 3.8) is 0 Å². The summed E-state index contributed by atoms with van der Waals surface area (Å²) in [6, 6.07) is 13.9. The Labute approximate surface area is 150 Å². The van der Waals surface area contributed by atoms with E-state index >= 15 is 0 Å². The fourth-order valence-electron chi connectivity index (χ4n) is 2.15. The molecule has 1 heterocycles. The Kier molecular flexibility index (Phi) is 6.31. The molecule has 3 nitrogen and oxygen atoms in total. The summed E-state index contributed by atoms with van der Waals surface area (Å²) in [4.78, 5) is 4.64. The third-order valence-electron chi connectivity index (χ3n) is 3.37. The Hall–Kier alpha value is -1.95. The predicted molar refractivity (Wildman–Crippen MR) is 101 cm³/mol. The molecular weight excluding hydrogens is 347 g/mol. The minimum atomic E-state index is -0.364. The van der Waals surface area contributed by atoms with Gasteiger partial charge in [0.05, 0.1) is 10.2 Å². The van der Waals surface area contributed by atoms with Gasteiger partial charge in [-0.2, -0.15) is 0 Å². The van der Waals surface area contributed by atoms with Crippen LogP contribution in [0.25, 0.3) is 20.8 Å². The summed E-state index contributed by atoms with van der Waals surface area (Å²) < 4.78 is 19.8. The molecule has 0 bridgehead atoms. The lowest BCUT2D eigenvalue weighted by atomic mass is 10.2. The van der Waals surface area contributed by atoms with Crippen LogP contribution in [0, 0.1) is 6.92 Å². The maximum atomic E-state index is 13.3. The van der Waals surface area contributed by atoms with E-state index in [0.29, 0.717) is 5.75 Å². The van der Waals surface area contributed by atoms with E-state index in [2.05, 4.69) is 36.2 Å². The maximum Gasteiger partial charge on any atom is 0.139 e. The number of nitrogens with two attached hydrogens (primary N) is 1. The Balaban J connectivity index is 0.00000208. The van der Waals surface area contributed by atoms with E-state index in [4.69, 9.17) is 10.5 Å². The van der Waals surface area contributed by atoms with Gasteiger partial charge in [0.2, 0.25) is 0 Å². The third-order valence-corrected chi connectivity index (χ3v) is 4.44. The SMILES string of the molecule is Cc1ccc(-c2nc3ccc(OC/C(F)=C\CN)cc3s2)cc1.Cl.